The lowest BCUT2D eigenvalue weighted by Gasteiger charge is -2.02. The van der Waals surface area contributed by atoms with Crippen molar-refractivity contribution >= 4 is 11.3 Å². The molecule has 0 fully saturated rings. The van der Waals surface area contributed by atoms with Crippen LogP contribution in [-0.4, -0.2) is 18.1 Å². The molecule has 1 aromatic heterocycles. The highest BCUT2D eigenvalue weighted by molar-refractivity contribution is 7.09. The predicted octanol–water partition coefficient (Wildman–Crippen LogP) is 4.52. The van der Waals surface area contributed by atoms with E-state index in [0.29, 0.717) is 6.61 Å². The predicted molar refractivity (Wildman–Crippen MR) is 87.1 cm³/mol. The van der Waals surface area contributed by atoms with Crippen LogP contribution in [0, 0.1) is 0 Å². The molecule has 0 atom stereocenters. The van der Waals surface area contributed by atoms with Crippen molar-refractivity contribution in [1.82, 2.24) is 10.3 Å². The standard InChI is InChI=1S/C16H30N2OS/c1-3-5-6-7-8-9-11-19-13-15-14-20-16(18-15)12-17-10-4-2/h14,17H,3-13H2,1-2H3. The van der Waals surface area contributed by atoms with E-state index in [-0.39, 0.29) is 0 Å². The Labute approximate surface area is 128 Å². The molecule has 1 rings (SSSR count). The first kappa shape index (κ1) is 17.6. The summed E-state index contributed by atoms with van der Waals surface area (Å²) in [5, 5.41) is 6.65. The molecule has 0 saturated heterocycles. The van der Waals surface area contributed by atoms with Gasteiger partial charge in [-0.2, -0.15) is 0 Å². The van der Waals surface area contributed by atoms with Crippen molar-refractivity contribution in [3.05, 3.63) is 16.1 Å². The summed E-state index contributed by atoms with van der Waals surface area (Å²) in [6.45, 7) is 7.91. The minimum Gasteiger partial charge on any atom is -0.375 e. The van der Waals surface area contributed by atoms with Gasteiger partial charge >= 0.3 is 0 Å². The number of hydrogen-bond acceptors (Lipinski definition) is 4. The van der Waals surface area contributed by atoms with Crippen molar-refractivity contribution in [3.63, 3.8) is 0 Å². The van der Waals surface area contributed by atoms with Crippen LogP contribution in [0.15, 0.2) is 5.38 Å². The van der Waals surface area contributed by atoms with Gasteiger partial charge in [0, 0.05) is 18.5 Å². The minimum absolute atomic E-state index is 0.666. The number of unbranched alkanes of at least 4 members (excludes halogenated alkanes) is 5. The fraction of sp³-hybridized carbons (Fsp3) is 0.812. The molecule has 1 heterocycles. The van der Waals surface area contributed by atoms with Crippen molar-refractivity contribution in [2.45, 2.75) is 71.9 Å². The molecule has 1 aromatic rings. The Kier molecular flexibility index (Phi) is 10.8. The average Bonchev–Trinajstić information content (AvgIpc) is 2.90. The first-order chi connectivity index (χ1) is 9.86. The molecule has 1 N–H and O–H groups in total. The summed E-state index contributed by atoms with van der Waals surface area (Å²) in [6, 6.07) is 0. The summed E-state index contributed by atoms with van der Waals surface area (Å²) in [5.74, 6) is 0. The Morgan fingerprint density at radius 2 is 1.90 bits per heavy atom. The molecule has 4 heteroatoms. The lowest BCUT2D eigenvalue weighted by atomic mass is 10.1. The van der Waals surface area contributed by atoms with E-state index in [1.54, 1.807) is 11.3 Å². The van der Waals surface area contributed by atoms with Crippen molar-refractivity contribution in [3.8, 4) is 0 Å². The van der Waals surface area contributed by atoms with Crippen LogP contribution in [0.1, 0.15) is 69.5 Å². The molecule has 0 unspecified atom stereocenters. The molecule has 0 amide bonds. The van der Waals surface area contributed by atoms with E-state index < -0.39 is 0 Å². The molecular formula is C16H30N2OS. The Bertz CT molecular complexity index is 328. The van der Waals surface area contributed by atoms with Gasteiger partial charge in [-0.1, -0.05) is 46.0 Å². The third kappa shape index (κ3) is 8.67. The van der Waals surface area contributed by atoms with Crippen LogP contribution < -0.4 is 5.32 Å². The fourth-order valence-corrected chi connectivity index (χ4v) is 2.78. The van der Waals surface area contributed by atoms with Crippen molar-refractivity contribution in [1.29, 1.82) is 0 Å². The van der Waals surface area contributed by atoms with E-state index in [0.717, 1.165) is 30.4 Å². The van der Waals surface area contributed by atoms with Gasteiger partial charge in [0.15, 0.2) is 0 Å². The third-order valence-electron chi connectivity index (χ3n) is 3.19. The van der Waals surface area contributed by atoms with Gasteiger partial charge in [0.2, 0.25) is 0 Å². The molecule has 0 aliphatic heterocycles. The third-order valence-corrected chi connectivity index (χ3v) is 4.09. The van der Waals surface area contributed by atoms with Gasteiger partial charge in [-0.25, -0.2) is 4.98 Å². The number of aromatic nitrogens is 1. The highest BCUT2D eigenvalue weighted by atomic mass is 32.1. The number of nitrogens with zero attached hydrogens (tertiary/aromatic N) is 1. The van der Waals surface area contributed by atoms with Gasteiger partial charge in [-0.15, -0.1) is 11.3 Å². The molecule has 0 aliphatic carbocycles. The van der Waals surface area contributed by atoms with E-state index in [2.05, 4.69) is 29.5 Å². The van der Waals surface area contributed by atoms with Crippen molar-refractivity contribution in [2.75, 3.05) is 13.2 Å². The largest absolute Gasteiger partial charge is 0.375 e. The SMILES string of the molecule is CCCCCCCCOCc1csc(CNCCC)n1. The molecule has 0 bridgehead atoms. The van der Waals surface area contributed by atoms with Crippen LogP contribution in [0.3, 0.4) is 0 Å². The monoisotopic (exact) mass is 298 g/mol. The van der Waals surface area contributed by atoms with Gasteiger partial charge in [0.25, 0.3) is 0 Å². The number of thiazole rings is 1. The van der Waals surface area contributed by atoms with Gasteiger partial charge < -0.3 is 10.1 Å². The van der Waals surface area contributed by atoms with Gasteiger partial charge in [0.05, 0.1) is 12.3 Å². The molecule has 0 aliphatic rings. The maximum Gasteiger partial charge on any atom is 0.107 e. The number of hydrogen-bond donors (Lipinski definition) is 1. The zero-order chi connectivity index (χ0) is 14.5. The average molecular weight is 298 g/mol. The van der Waals surface area contributed by atoms with Crippen LogP contribution in [-0.2, 0) is 17.9 Å². The summed E-state index contributed by atoms with van der Waals surface area (Å²) in [5.41, 5.74) is 1.08. The van der Waals surface area contributed by atoms with E-state index in [1.807, 2.05) is 0 Å². The molecule has 20 heavy (non-hydrogen) atoms. The van der Waals surface area contributed by atoms with E-state index in [9.17, 15) is 0 Å². The molecule has 0 radical (unpaired) electrons. The quantitative estimate of drug-likeness (QED) is 0.544. The summed E-state index contributed by atoms with van der Waals surface area (Å²) in [4.78, 5) is 4.57. The molecular weight excluding hydrogens is 268 g/mol. The summed E-state index contributed by atoms with van der Waals surface area (Å²) in [6.07, 6.45) is 9.05. The second kappa shape index (κ2) is 12.3. The smallest absolute Gasteiger partial charge is 0.107 e. The molecule has 0 spiro atoms. The number of nitrogens with one attached hydrogen (secondary N) is 1. The van der Waals surface area contributed by atoms with E-state index >= 15 is 0 Å². The normalized spacial score (nSPS) is 11.1. The van der Waals surface area contributed by atoms with Crippen molar-refractivity contribution < 1.29 is 4.74 Å². The Morgan fingerprint density at radius 1 is 1.10 bits per heavy atom. The Hall–Kier alpha value is -0.450. The summed E-state index contributed by atoms with van der Waals surface area (Å²) >= 11 is 1.72. The van der Waals surface area contributed by atoms with Gasteiger partial charge in [0.1, 0.15) is 5.01 Å². The lowest BCUT2D eigenvalue weighted by molar-refractivity contribution is 0.114. The van der Waals surface area contributed by atoms with E-state index in [1.165, 1.54) is 44.9 Å². The zero-order valence-electron chi connectivity index (χ0n) is 13.1. The topological polar surface area (TPSA) is 34.1 Å². The number of ether oxygens (including phenoxy) is 1. The van der Waals surface area contributed by atoms with Crippen LogP contribution in [0.2, 0.25) is 0 Å². The zero-order valence-corrected chi connectivity index (χ0v) is 13.9. The molecule has 116 valence electrons. The summed E-state index contributed by atoms with van der Waals surface area (Å²) < 4.78 is 5.69. The maximum absolute atomic E-state index is 5.69. The van der Waals surface area contributed by atoms with Gasteiger partial charge in [-0.05, 0) is 19.4 Å². The first-order valence-corrected chi connectivity index (χ1v) is 8.96. The van der Waals surface area contributed by atoms with Crippen LogP contribution in [0.25, 0.3) is 0 Å². The highest BCUT2D eigenvalue weighted by Crippen LogP contribution is 2.11. The van der Waals surface area contributed by atoms with Gasteiger partial charge in [-0.3, -0.25) is 0 Å². The van der Waals surface area contributed by atoms with Crippen LogP contribution >= 0.6 is 11.3 Å². The number of rotatable bonds is 13. The highest BCUT2D eigenvalue weighted by Gasteiger charge is 2.01. The van der Waals surface area contributed by atoms with Crippen molar-refractivity contribution in [2.24, 2.45) is 0 Å². The Morgan fingerprint density at radius 3 is 2.70 bits per heavy atom. The second-order valence-electron chi connectivity index (χ2n) is 5.23. The first-order valence-electron chi connectivity index (χ1n) is 8.08. The summed E-state index contributed by atoms with van der Waals surface area (Å²) in [7, 11) is 0. The molecule has 3 nitrogen and oxygen atoms in total. The molecule has 0 aromatic carbocycles. The Balaban J connectivity index is 1.99. The fourth-order valence-electron chi connectivity index (χ4n) is 2.03. The van der Waals surface area contributed by atoms with Crippen LogP contribution in [0.5, 0.6) is 0 Å². The lowest BCUT2D eigenvalue weighted by Crippen LogP contribution is -2.13. The maximum atomic E-state index is 5.69. The molecule has 0 saturated carbocycles. The van der Waals surface area contributed by atoms with Crippen LogP contribution in [0.4, 0.5) is 0 Å². The second-order valence-corrected chi connectivity index (χ2v) is 6.17. The minimum atomic E-state index is 0.666. The van der Waals surface area contributed by atoms with E-state index in [4.69, 9.17) is 4.74 Å².